The van der Waals surface area contributed by atoms with E-state index in [0.717, 1.165) is 22.0 Å². The Kier molecular flexibility index (Phi) is 5.13. The van der Waals surface area contributed by atoms with Crippen LogP contribution in [-0.4, -0.2) is 50.7 Å². The van der Waals surface area contributed by atoms with Crippen molar-refractivity contribution < 1.29 is 9.53 Å². The summed E-state index contributed by atoms with van der Waals surface area (Å²) in [5.41, 5.74) is 4.59. The molecule has 7 nitrogen and oxygen atoms in total. The number of nitrogens with zero attached hydrogens (tertiary/aromatic N) is 4. The van der Waals surface area contributed by atoms with E-state index in [0.29, 0.717) is 41.8 Å². The first kappa shape index (κ1) is 19.7. The molecule has 1 aliphatic rings. The summed E-state index contributed by atoms with van der Waals surface area (Å²) in [4.78, 5) is 24.1. The molecule has 1 atom stereocenters. The number of aromatic nitrogens is 4. The second kappa shape index (κ2) is 8.09. The predicted molar refractivity (Wildman–Crippen MR) is 118 cm³/mol. The molecule has 8 heteroatoms. The fraction of sp³-hybridized carbons (Fsp3) is 0.217. The van der Waals surface area contributed by atoms with Crippen LogP contribution >= 0.6 is 11.6 Å². The maximum Gasteiger partial charge on any atom is 0.275 e. The number of fused-ring (bicyclic) bond motifs is 1. The van der Waals surface area contributed by atoms with Crippen molar-refractivity contribution in [2.75, 3.05) is 19.7 Å². The van der Waals surface area contributed by atoms with Crippen molar-refractivity contribution in [2.24, 2.45) is 0 Å². The van der Waals surface area contributed by atoms with E-state index < -0.39 is 6.10 Å². The van der Waals surface area contributed by atoms with Crippen molar-refractivity contribution in [3.63, 3.8) is 0 Å². The van der Waals surface area contributed by atoms with Crippen molar-refractivity contribution in [1.29, 1.82) is 0 Å². The predicted octanol–water partition coefficient (Wildman–Crippen LogP) is 4.20. The van der Waals surface area contributed by atoms with Crippen LogP contribution in [0.5, 0.6) is 0 Å². The number of amides is 1. The van der Waals surface area contributed by atoms with Crippen LogP contribution in [-0.2, 0) is 4.74 Å². The molecule has 3 heterocycles. The monoisotopic (exact) mass is 433 g/mol. The molecule has 0 aliphatic carbocycles. The lowest BCUT2D eigenvalue weighted by Gasteiger charge is -2.32. The number of hydrogen-bond acceptors (Lipinski definition) is 5. The summed E-state index contributed by atoms with van der Waals surface area (Å²) in [6.45, 7) is 3.26. The molecular weight excluding hydrogens is 414 g/mol. The summed E-state index contributed by atoms with van der Waals surface area (Å²) >= 11 is 6.17. The molecule has 0 spiro atoms. The van der Waals surface area contributed by atoms with Gasteiger partial charge >= 0.3 is 0 Å². The molecule has 0 saturated carbocycles. The van der Waals surface area contributed by atoms with Gasteiger partial charge in [0.2, 0.25) is 0 Å². The highest BCUT2D eigenvalue weighted by molar-refractivity contribution is 6.30. The molecule has 1 saturated heterocycles. The number of H-pyrrole nitrogens is 1. The molecule has 156 valence electrons. The SMILES string of the molecule is Cc1ccc2[nH]nc(C(=O)N3CCO[C@H](c4nccnc4-c4cccc(Cl)c4)C3)c2c1. The van der Waals surface area contributed by atoms with Crippen LogP contribution < -0.4 is 0 Å². The lowest BCUT2D eigenvalue weighted by molar-refractivity contribution is -0.0247. The topological polar surface area (TPSA) is 84.0 Å². The number of rotatable bonds is 3. The number of hydrogen-bond donors (Lipinski definition) is 1. The van der Waals surface area contributed by atoms with Gasteiger partial charge in [0.15, 0.2) is 5.69 Å². The van der Waals surface area contributed by atoms with Crippen molar-refractivity contribution in [3.05, 3.63) is 76.8 Å². The lowest BCUT2D eigenvalue weighted by Crippen LogP contribution is -2.42. The van der Waals surface area contributed by atoms with Gasteiger partial charge in [0.05, 0.1) is 30.1 Å². The number of carbonyl (C=O) groups excluding carboxylic acids is 1. The summed E-state index contributed by atoms with van der Waals surface area (Å²) in [6, 6.07) is 13.4. The summed E-state index contributed by atoms with van der Waals surface area (Å²) in [6.07, 6.45) is 2.88. The smallest absolute Gasteiger partial charge is 0.275 e. The number of aryl methyl sites for hydroxylation is 1. The Morgan fingerprint density at radius 3 is 2.94 bits per heavy atom. The largest absolute Gasteiger partial charge is 0.368 e. The van der Waals surface area contributed by atoms with E-state index in [1.54, 1.807) is 17.3 Å². The Labute approximate surface area is 184 Å². The normalized spacial score (nSPS) is 16.6. The van der Waals surface area contributed by atoms with E-state index in [-0.39, 0.29) is 5.91 Å². The van der Waals surface area contributed by atoms with E-state index in [9.17, 15) is 4.79 Å². The maximum atomic E-state index is 13.3. The average Bonchev–Trinajstić information content (AvgIpc) is 3.21. The average molecular weight is 434 g/mol. The zero-order valence-corrected chi connectivity index (χ0v) is 17.6. The van der Waals surface area contributed by atoms with Crippen LogP contribution in [0.25, 0.3) is 22.2 Å². The van der Waals surface area contributed by atoms with Crippen LogP contribution in [0.2, 0.25) is 5.02 Å². The molecule has 31 heavy (non-hydrogen) atoms. The van der Waals surface area contributed by atoms with Gasteiger partial charge in [0.25, 0.3) is 5.91 Å². The van der Waals surface area contributed by atoms with Gasteiger partial charge in [0.1, 0.15) is 6.10 Å². The summed E-state index contributed by atoms with van der Waals surface area (Å²) in [7, 11) is 0. The standard InChI is InChI=1S/C23H20ClN5O2/c1-14-5-6-18-17(11-14)21(28-27-18)23(30)29-9-10-31-19(13-29)22-20(25-7-8-26-22)15-3-2-4-16(24)12-15/h2-8,11-12,19H,9-10,13H2,1H3,(H,27,28)/t19-/m0/s1. The second-order valence-electron chi connectivity index (χ2n) is 7.53. The van der Waals surface area contributed by atoms with E-state index in [1.807, 2.05) is 49.4 Å². The Morgan fingerprint density at radius 2 is 2.06 bits per heavy atom. The lowest BCUT2D eigenvalue weighted by atomic mass is 10.0. The molecule has 0 bridgehead atoms. The van der Waals surface area contributed by atoms with Gasteiger partial charge in [-0.2, -0.15) is 5.10 Å². The zero-order valence-electron chi connectivity index (χ0n) is 16.9. The molecule has 4 aromatic rings. The summed E-state index contributed by atoms with van der Waals surface area (Å²) < 4.78 is 6.00. The maximum absolute atomic E-state index is 13.3. The Balaban J connectivity index is 1.45. The molecule has 0 radical (unpaired) electrons. The highest BCUT2D eigenvalue weighted by Crippen LogP contribution is 2.31. The van der Waals surface area contributed by atoms with E-state index >= 15 is 0 Å². The minimum Gasteiger partial charge on any atom is -0.368 e. The Bertz CT molecular complexity index is 1270. The highest BCUT2D eigenvalue weighted by atomic mass is 35.5. The fourth-order valence-electron chi connectivity index (χ4n) is 3.88. The molecule has 2 aromatic heterocycles. The van der Waals surface area contributed by atoms with Crippen LogP contribution in [0.1, 0.15) is 27.8 Å². The molecular formula is C23H20ClN5O2. The van der Waals surface area contributed by atoms with Gasteiger partial charge in [-0.1, -0.05) is 35.4 Å². The third kappa shape index (κ3) is 3.78. The van der Waals surface area contributed by atoms with Crippen LogP contribution in [0, 0.1) is 6.92 Å². The number of nitrogens with one attached hydrogen (secondary N) is 1. The molecule has 1 N–H and O–H groups in total. The van der Waals surface area contributed by atoms with Crippen molar-refractivity contribution >= 4 is 28.4 Å². The van der Waals surface area contributed by atoms with Gasteiger partial charge in [0, 0.05) is 34.9 Å². The fourth-order valence-corrected chi connectivity index (χ4v) is 4.07. The quantitative estimate of drug-likeness (QED) is 0.523. The van der Waals surface area contributed by atoms with Crippen molar-refractivity contribution in [3.8, 4) is 11.3 Å². The van der Waals surface area contributed by atoms with Gasteiger partial charge in [-0.05, 0) is 31.2 Å². The number of carbonyl (C=O) groups is 1. The zero-order chi connectivity index (χ0) is 21.4. The highest BCUT2D eigenvalue weighted by Gasteiger charge is 2.31. The van der Waals surface area contributed by atoms with Crippen LogP contribution in [0.3, 0.4) is 0 Å². The first-order chi connectivity index (χ1) is 15.1. The molecule has 1 amide bonds. The molecule has 2 aromatic carbocycles. The molecule has 5 rings (SSSR count). The van der Waals surface area contributed by atoms with E-state index in [1.165, 1.54) is 0 Å². The minimum atomic E-state index is -0.396. The third-order valence-electron chi connectivity index (χ3n) is 5.40. The summed E-state index contributed by atoms with van der Waals surface area (Å²) in [5.74, 6) is -0.127. The molecule has 1 fully saturated rings. The van der Waals surface area contributed by atoms with Gasteiger partial charge in [-0.25, -0.2) is 0 Å². The summed E-state index contributed by atoms with van der Waals surface area (Å²) in [5, 5.41) is 8.68. The second-order valence-corrected chi connectivity index (χ2v) is 7.97. The number of halogens is 1. The Morgan fingerprint density at radius 1 is 1.19 bits per heavy atom. The number of ether oxygens (including phenoxy) is 1. The first-order valence-corrected chi connectivity index (χ1v) is 10.4. The number of benzene rings is 2. The van der Waals surface area contributed by atoms with Crippen LogP contribution in [0.15, 0.2) is 54.9 Å². The number of aromatic amines is 1. The third-order valence-corrected chi connectivity index (χ3v) is 5.64. The first-order valence-electron chi connectivity index (χ1n) is 10.0. The number of morpholine rings is 1. The molecule has 0 unspecified atom stereocenters. The Hall–Kier alpha value is -3.29. The van der Waals surface area contributed by atoms with Crippen molar-refractivity contribution in [1.82, 2.24) is 25.1 Å². The van der Waals surface area contributed by atoms with E-state index in [4.69, 9.17) is 16.3 Å². The van der Waals surface area contributed by atoms with Crippen molar-refractivity contribution in [2.45, 2.75) is 13.0 Å². The van der Waals surface area contributed by atoms with Crippen LogP contribution in [0.4, 0.5) is 0 Å². The molecule has 1 aliphatic heterocycles. The minimum absolute atomic E-state index is 0.127. The van der Waals surface area contributed by atoms with Gasteiger partial charge in [-0.3, -0.25) is 19.9 Å². The van der Waals surface area contributed by atoms with E-state index in [2.05, 4.69) is 20.2 Å². The van der Waals surface area contributed by atoms with Gasteiger partial charge < -0.3 is 9.64 Å². The van der Waals surface area contributed by atoms with Gasteiger partial charge in [-0.15, -0.1) is 0 Å².